The second-order valence-corrected chi connectivity index (χ2v) is 5.89. The minimum absolute atomic E-state index is 0.0278. The number of nitrogens with zero attached hydrogens (tertiary/aromatic N) is 4. The fraction of sp³-hybridized carbons (Fsp3) is 0.733. The van der Waals surface area contributed by atoms with E-state index in [1.165, 1.54) is 0 Å². The van der Waals surface area contributed by atoms with E-state index < -0.39 is 5.41 Å². The lowest BCUT2D eigenvalue weighted by atomic mass is 9.92. The third-order valence-corrected chi connectivity index (χ3v) is 3.53. The van der Waals surface area contributed by atoms with Crippen LogP contribution < -0.4 is 16.0 Å². The zero-order chi connectivity index (χ0) is 17.3. The Morgan fingerprint density at radius 3 is 2.65 bits per heavy atom. The third-order valence-electron chi connectivity index (χ3n) is 3.53. The van der Waals surface area contributed by atoms with Crippen LogP contribution in [0.3, 0.4) is 0 Å². The molecule has 3 N–H and O–H groups in total. The Kier molecular flexibility index (Phi) is 7.50. The lowest BCUT2D eigenvalue weighted by Gasteiger charge is -2.24. The van der Waals surface area contributed by atoms with Crippen LogP contribution in [-0.2, 0) is 17.8 Å². The summed E-state index contributed by atoms with van der Waals surface area (Å²) >= 11 is 0. The van der Waals surface area contributed by atoms with Gasteiger partial charge >= 0.3 is 0 Å². The first kappa shape index (κ1) is 18.9. The number of rotatable bonds is 8. The predicted molar refractivity (Wildman–Crippen MR) is 91.2 cm³/mol. The first-order valence-electron chi connectivity index (χ1n) is 8.04. The van der Waals surface area contributed by atoms with Crippen molar-refractivity contribution in [1.29, 1.82) is 0 Å². The Morgan fingerprint density at radius 1 is 1.30 bits per heavy atom. The number of amides is 1. The molecule has 0 aliphatic heterocycles. The minimum Gasteiger partial charge on any atom is -0.356 e. The first-order valence-corrected chi connectivity index (χ1v) is 8.04. The number of aliphatic imine (C=N–C) groups is 1. The monoisotopic (exact) mass is 323 g/mol. The van der Waals surface area contributed by atoms with Gasteiger partial charge in [0.1, 0.15) is 12.2 Å². The molecule has 1 heterocycles. The molecule has 1 aromatic rings. The van der Waals surface area contributed by atoms with Crippen LogP contribution in [0.25, 0.3) is 0 Å². The summed E-state index contributed by atoms with van der Waals surface area (Å²) in [5.41, 5.74) is -0.503. The van der Waals surface area contributed by atoms with Crippen LogP contribution in [0.1, 0.15) is 33.5 Å². The van der Waals surface area contributed by atoms with Crippen molar-refractivity contribution in [2.24, 2.45) is 10.4 Å². The number of hydrogen-bond acceptors (Lipinski definition) is 4. The van der Waals surface area contributed by atoms with E-state index in [1.807, 2.05) is 25.3 Å². The zero-order valence-electron chi connectivity index (χ0n) is 14.8. The Bertz CT molecular complexity index is 522. The van der Waals surface area contributed by atoms with Crippen LogP contribution in [0.15, 0.2) is 11.3 Å². The summed E-state index contributed by atoms with van der Waals surface area (Å²) in [5, 5.41) is 17.2. The van der Waals surface area contributed by atoms with Crippen molar-refractivity contribution in [2.45, 2.75) is 40.7 Å². The standard InChI is InChI=1S/C15H29N7O/c1-6-12-21-20-11-22(12)9-8-18-14(16-5)19-10-15(3,4)13(23)17-7-2/h11H,6-10H2,1-5H3,(H,17,23)(H2,16,18,19). The molecule has 23 heavy (non-hydrogen) atoms. The van der Waals surface area contributed by atoms with Gasteiger partial charge in [0.15, 0.2) is 5.96 Å². The zero-order valence-corrected chi connectivity index (χ0v) is 14.8. The molecule has 1 aromatic heterocycles. The molecule has 0 saturated heterocycles. The molecule has 0 unspecified atom stereocenters. The van der Waals surface area contributed by atoms with E-state index in [9.17, 15) is 4.79 Å². The Labute approximate surface area is 138 Å². The van der Waals surface area contributed by atoms with Crippen molar-refractivity contribution in [3.05, 3.63) is 12.2 Å². The number of nitrogens with one attached hydrogen (secondary N) is 3. The molecule has 0 aliphatic carbocycles. The largest absolute Gasteiger partial charge is 0.356 e. The van der Waals surface area contributed by atoms with Crippen molar-refractivity contribution in [2.75, 3.05) is 26.7 Å². The summed E-state index contributed by atoms with van der Waals surface area (Å²) in [5.74, 6) is 1.67. The van der Waals surface area contributed by atoms with Gasteiger partial charge in [-0.15, -0.1) is 10.2 Å². The topological polar surface area (TPSA) is 96.2 Å². The summed E-state index contributed by atoms with van der Waals surface area (Å²) in [7, 11) is 1.71. The highest BCUT2D eigenvalue weighted by Crippen LogP contribution is 2.13. The van der Waals surface area contributed by atoms with Gasteiger partial charge < -0.3 is 20.5 Å². The molecule has 0 spiro atoms. The molecule has 0 aliphatic rings. The predicted octanol–water partition coefficient (Wildman–Crippen LogP) is 0.168. The van der Waals surface area contributed by atoms with Gasteiger partial charge in [0.05, 0.1) is 5.41 Å². The number of guanidine groups is 1. The molecule has 1 rings (SSSR count). The second-order valence-electron chi connectivity index (χ2n) is 5.89. The fourth-order valence-corrected chi connectivity index (χ4v) is 2.04. The summed E-state index contributed by atoms with van der Waals surface area (Å²) in [6.07, 6.45) is 2.59. The lowest BCUT2D eigenvalue weighted by molar-refractivity contribution is -0.128. The highest BCUT2D eigenvalue weighted by Gasteiger charge is 2.27. The van der Waals surface area contributed by atoms with Gasteiger partial charge in [-0.05, 0) is 20.8 Å². The molecular weight excluding hydrogens is 294 g/mol. The highest BCUT2D eigenvalue weighted by molar-refractivity contribution is 5.84. The molecular formula is C15H29N7O. The van der Waals surface area contributed by atoms with Gasteiger partial charge in [-0.3, -0.25) is 9.79 Å². The van der Waals surface area contributed by atoms with Crippen LogP contribution in [0.2, 0.25) is 0 Å². The van der Waals surface area contributed by atoms with Gasteiger partial charge in [-0.25, -0.2) is 0 Å². The molecule has 8 nitrogen and oxygen atoms in total. The van der Waals surface area contributed by atoms with E-state index in [2.05, 4.69) is 38.1 Å². The summed E-state index contributed by atoms with van der Waals surface area (Å²) < 4.78 is 2.01. The van der Waals surface area contributed by atoms with Crippen molar-refractivity contribution >= 4 is 11.9 Å². The molecule has 0 radical (unpaired) electrons. The minimum atomic E-state index is -0.503. The average Bonchev–Trinajstić information content (AvgIpc) is 2.98. The van der Waals surface area contributed by atoms with Crippen molar-refractivity contribution in [3.8, 4) is 0 Å². The van der Waals surface area contributed by atoms with Gasteiger partial charge in [-0.1, -0.05) is 6.92 Å². The van der Waals surface area contributed by atoms with E-state index in [0.29, 0.717) is 25.6 Å². The number of carbonyl (C=O) groups excluding carboxylic acids is 1. The molecule has 0 saturated carbocycles. The van der Waals surface area contributed by atoms with Gasteiger partial charge in [0.25, 0.3) is 0 Å². The number of aromatic nitrogens is 3. The fourth-order valence-electron chi connectivity index (χ4n) is 2.04. The quantitative estimate of drug-likeness (QED) is 0.468. The van der Waals surface area contributed by atoms with Crippen LogP contribution in [-0.4, -0.2) is 53.3 Å². The number of carbonyl (C=O) groups is 1. The van der Waals surface area contributed by atoms with Gasteiger partial charge in [0, 0.05) is 39.6 Å². The molecule has 1 amide bonds. The van der Waals surface area contributed by atoms with Crippen LogP contribution in [0, 0.1) is 5.41 Å². The molecule has 0 atom stereocenters. The first-order chi connectivity index (χ1) is 10.9. The molecule has 0 fully saturated rings. The number of aryl methyl sites for hydroxylation is 1. The van der Waals surface area contributed by atoms with Crippen LogP contribution >= 0.6 is 0 Å². The lowest BCUT2D eigenvalue weighted by Crippen LogP contribution is -2.48. The summed E-state index contributed by atoms with van der Waals surface area (Å²) in [6.45, 7) is 10.4. The maximum absolute atomic E-state index is 12.0. The molecule has 0 aromatic carbocycles. The molecule has 130 valence electrons. The molecule has 8 heteroatoms. The van der Waals surface area contributed by atoms with Crippen molar-refractivity contribution in [1.82, 2.24) is 30.7 Å². The number of hydrogen-bond donors (Lipinski definition) is 3. The van der Waals surface area contributed by atoms with Gasteiger partial charge in [-0.2, -0.15) is 0 Å². The Morgan fingerprint density at radius 2 is 2.04 bits per heavy atom. The second kappa shape index (κ2) is 9.12. The van der Waals surface area contributed by atoms with Crippen LogP contribution in [0.4, 0.5) is 0 Å². The molecule has 0 bridgehead atoms. The van der Waals surface area contributed by atoms with Gasteiger partial charge in [0.2, 0.25) is 5.91 Å². The Balaban J connectivity index is 2.42. The smallest absolute Gasteiger partial charge is 0.227 e. The van der Waals surface area contributed by atoms with E-state index in [-0.39, 0.29) is 5.91 Å². The summed E-state index contributed by atoms with van der Waals surface area (Å²) in [6, 6.07) is 0. The highest BCUT2D eigenvalue weighted by atomic mass is 16.2. The third kappa shape index (κ3) is 5.88. The van der Waals surface area contributed by atoms with Crippen molar-refractivity contribution < 1.29 is 4.79 Å². The Hall–Kier alpha value is -2.12. The maximum atomic E-state index is 12.0. The van der Waals surface area contributed by atoms with E-state index in [1.54, 1.807) is 13.4 Å². The van der Waals surface area contributed by atoms with E-state index in [0.717, 1.165) is 18.8 Å². The maximum Gasteiger partial charge on any atom is 0.227 e. The summed E-state index contributed by atoms with van der Waals surface area (Å²) in [4.78, 5) is 16.2. The van der Waals surface area contributed by atoms with E-state index >= 15 is 0 Å². The normalized spacial score (nSPS) is 12.1. The van der Waals surface area contributed by atoms with Crippen molar-refractivity contribution in [3.63, 3.8) is 0 Å². The van der Waals surface area contributed by atoms with Crippen LogP contribution in [0.5, 0.6) is 0 Å². The average molecular weight is 323 g/mol. The SMILES string of the molecule is CCNC(=O)C(C)(C)CNC(=NC)NCCn1cnnc1CC. The van der Waals surface area contributed by atoms with E-state index in [4.69, 9.17) is 0 Å².